The van der Waals surface area contributed by atoms with Gasteiger partial charge in [-0.05, 0) is 31.2 Å². The number of amides is 3. The van der Waals surface area contributed by atoms with Crippen LogP contribution in [0.5, 0.6) is 0 Å². The van der Waals surface area contributed by atoms with E-state index in [1.54, 1.807) is 13.3 Å². The Kier molecular flexibility index (Phi) is 3.37. The van der Waals surface area contributed by atoms with Crippen LogP contribution in [-0.4, -0.2) is 41.1 Å². The van der Waals surface area contributed by atoms with Crippen molar-refractivity contribution < 1.29 is 18.8 Å². The van der Waals surface area contributed by atoms with Gasteiger partial charge in [-0.1, -0.05) is 12.2 Å². The van der Waals surface area contributed by atoms with Crippen molar-refractivity contribution in [2.24, 2.45) is 23.7 Å². The van der Waals surface area contributed by atoms with E-state index in [1.165, 1.54) is 9.80 Å². The first-order valence-electron chi connectivity index (χ1n) is 8.28. The fourth-order valence-electron chi connectivity index (χ4n) is 4.29. The van der Waals surface area contributed by atoms with E-state index in [2.05, 4.69) is 12.2 Å². The summed E-state index contributed by atoms with van der Waals surface area (Å²) in [5, 5.41) is 0. The number of likely N-dealkylation sites (tertiary alicyclic amines) is 1. The van der Waals surface area contributed by atoms with Crippen LogP contribution in [0, 0.1) is 30.6 Å². The molecule has 6 nitrogen and oxygen atoms in total. The number of carbonyl (C=O) groups is 3. The molecule has 4 atom stereocenters. The summed E-state index contributed by atoms with van der Waals surface area (Å²) in [6.45, 7) is 2.07. The van der Waals surface area contributed by atoms with Gasteiger partial charge in [0.25, 0.3) is 0 Å². The monoisotopic (exact) mass is 328 g/mol. The molecule has 0 spiro atoms. The Labute approximate surface area is 140 Å². The third-order valence-corrected chi connectivity index (χ3v) is 5.65. The second-order valence-electron chi connectivity index (χ2n) is 7.01. The Hall–Kier alpha value is -2.37. The molecule has 2 heterocycles. The van der Waals surface area contributed by atoms with Gasteiger partial charge in [0, 0.05) is 19.2 Å². The third-order valence-electron chi connectivity index (χ3n) is 5.65. The summed E-state index contributed by atoms with van der Waals surface area (Å²) >= 11 is 0. The molecule has 3 amide bonds. The lowest BCUT2D eigenvalue weighted by molar-refractivity contribution is -0.146. The molecule has 126 valence electrons. The third kappa shape index (κ3) is 2.12. The van der Waals surface area contributed by atoms with Crippen molar-refractivity contribution in [2.45, 2.75) is 19.9 Å². The molecule has 3 aliphatic rings. The molecule has 0 radical (unpaired) electrons. The molecule has 2 bridgehead atoms. The van der Waals surface area contributed by atoms with Crippen molar-refractivity contribution in [1.29, 1.82) is 0 Å². The van der Waals surface area contributed by atoms with Crippen LogP contribution in [0.3, 0.4) is 0 Å². The van der Waals surface area contributed by atoms with E-state index in [-0.39, 0.29) is 47.9 Å². The highest BCUT2D eigenvalue weighted by molar-refractivity contribution is 6.08. The minimum Gasteiger partial charge on any atom is -0.469 e. The number of rotatable bonds is 4. The van der Waals surface area contributed by atoms with Gasteiger partial charge >= 0.3 is 0 Å². The largest absolute Gasteiger partial charge is 0.469 e. The van der Waals surface area contributed by atoms with Crippen LogP contribution in [-0.2, 0) is 20.9 Å². The summed E-state index contributed by atoms with van der Waals surface area (Å²) < 4.78 is 5.23. The minimum atomic E-state index is -0.248. The number of aryl methyl sites for hydroxylation is 1. The maximum absolute atomic E-state index is 12.6. The molecule has 6 heteroatoms. The summed E-state index contributed by atoms with van der Waals surface area (Å²) in [7, 11) is 1.67. The van der Waals surface area contributed by atoms with Gasteiger partial charge in [0.15, 0.2) is 0 Å². The van der Waals surface area contributed by atoms with Gasteiger partial charge < -0.3 is 9.32 Å². The first-order chi connectivity index (χ1) is 11.5. The Morgan fingerprint density at radius 3 is 2.42 bits per heavy atom. The number of likely N-dealkylation sites (N-methyl/N-ethyl adjacent to an activating group) is 1. The summed E-state index contributed by atoms with van der Waals surface area (Å²) in [5.41, 5.74) is 0.920. The molecule has 1 saturated heterocycles. The number of imide groups is 1. The second-order valence-corrected chi connectivity index (χ2v) is 7.01. The lowest BCUT2D eigenvalue weighted by atomic mass is 9.85. The van der Waals surface area contributed by atoms with Crippen molar-refractivity contribution in [3.8, 4) is 0 Å². The highest BCUT2D eigenvalue weighted by Crippen LogP contribution is 2.52. The molecule has 0 unspecified atom stereocenters. The number of carbonyl (C=O) groups excluding carboxylic acids is 3. The van der Waals surface area contributed by atoms with Crippen LogP contribution in [0.25, 0.3) is 0 Å². The minimum absolute atomic E-state index is 0.169. The predicted molar refractivity (Wildman–Crippen MR) is 84.4 cm³/mol. The summed E-state index contributed by atoms with van der Waals surface area (Å²) in [5.74, 6) is 0.0121. The molecule has 1 aromatic heterocycles. The van der Waals surface area contributed by atoms with E-state index in [0.29, 0.717) is 6.54 Å². The van der Waals surface area contributed by atoms with Gasteiger partial charge in [0.1, 0.15) is 12.3 Å². The van der Waals surface area contributed by atoms with Crippen LogP contribution >= 0.6 is 0 Å². The van der Waals surface area contributed by atoms with E-state index in [4.69, 9.17) is 4.42 Å². The van der Waals surface area contributed by atoms with Crippen LogP contribution in [0.15, 0.2) is 28.9 Å². The van der Waals surface area contributed by atoms with Crippen LogP contribution < -0.4 is 0 Å². The molecule has 24 heavy (non-hydrogen) atoms. The van der Waals surface area contributed by atoms with Crippen LogP contribution in [0.1, 0.15) is 17.7 Å². The standard InChI is InChI=1S/C18H20N2O4/c1-10-13(5-6-24-10)8-19(2)14(21)9-20-17(22)15-11-3-4-12(7-11)16(15)18(20)23/h3-6,11-12,15-16H,7-9H2,1-2H3/t11-,12-,15-,16+/m0/s1. The van der Waals surface area contributed by atoms with Gasteiger partial charge in [-0.25, -0.2) is 0 Å². The highest BCUT2D eigenvalue weighted by Gasteiger charge is 2.59. The van der Waals surface area contributed by atoms with Crippen molar-refractivity contribution in [1.82, 2.24) is 9.80 Å². The second kappa shape index (κ2) is 5.33. The lowest BCUT2D eigenvalue weighted by Crippen LogP contribution is -2.42. The predicted octanol–water partition coefficient (Wildman–Crippen LogP) is 1.35. The fraction of sp³-hybridized carbons (Fsp3) is 0.500. The number of furan rings is 1. The molecule has 2 fully saturated rings. The zero-order chi connectivity index (χ0) is 17.0. The quantitative estimate of drug-likeness (QED) is 0.618. The molecular weight excluding hydrogens is 308 g/mol. The molecule has 4 rings (SSSR count). The Morgan fingerprint density at radius 2 is 1.88 bits per heavy atom. The molecule has 0 aromatic carbocycles. The van der Waals surface area contributed by atoms with Crippen molar-refractivity contribution >= 4 is 17.7 Å². The van der Waals surface area contributed by atoms with Crippen molar-refractivity contribution in [3.05, 3.63) is 35.8 Å². The fourth-order valence-corrected chi connectivity index (χ4v) is 4.29. The van der Waals surface area contributed by atoms with Gasteiger partial charge in [-0.15, -0.1) is 0 Å². The maximum atomic E-state index is 12.6. The molecule has 0 N–H and O–H groups in total. The van der Waals surface area contributed by atoms with Gasteiger partial charge in [0.05, 0.1) is 18.1 Å². The SMILES string of the molecule is Cc1occc1CN(C)C(=O)CN1C(=O)[C@@H]2[C@H](C1=O)[C@H]1C=C[C@H]2C1. The van der Waals surface area contributed by atoms with Crippen LogP contribution in [0.2, 0.25) is 0 Å². The maximum Gasteiger partial charge on any atom is 0.242 e. The van der Waals surface area contributed by atoms with E-state index >= 15 is 0 Å². The Balaban J connectivity index is 1.44. The Morgan fingerprint density at radius 1 is 1.25 bits per heavy atom. The number of hydrogen-bond acceptors (Lipinski definition) is 4. The van der Waals surface area contributed by atoms with E-state index in [9.17, 15) is 14.4 Å². The van der Waals surface area contributed by atoms with E-state index in [1.807, 2.05) is 13.0 Å². The number of hydrogen-bond donors (Lipinski definition) is 0. The summed E-state index contributed by atoms with van der Waals surface area (Å²) in [4.78, 5) is 40.4. The molecular formula is C18H20N2O4. The topological polar surface area (TPSA) is 70.8 Å². The number of nitrogens with zero attached hydrogens (tertiary/aromatic N) is 2. The van der Waals surface area contributed by atoms with E-state index in [0.717, 1.165) is 17.7 Å². The summed E-state index contributed by atoms with van der Waals surface area (Å²) in [6, 6.07) is 1.82. The first-order valence-corrected chi connectivity index (χ1v) is 8.28. The smallest absolute Gasteiger partial charge is 0.242 e. The van der Waals surface area contributed by atoms with Crippen LogP contribution in [0.4, 0.5) is 0 Å². The molecule has 1 aromatic rings. The van der Waals surface area contributed by atoms with Gasteiger partial charge in [-0.3, -0.25) is 19.3 Å². The Bertz CT molecular complexity index is 720. The molecule has 1 saturated carbocycles. The number of fused-ring (bicyclic) bond motifs is 5. The van der Waals surface area contributed by atoms with Crippen molar-refractivity contribution in [3.63, 3.8) is 0 Å². The average Bonchev–Trinajstić information content (AvgIpc) is 3.30. The van der Waals surface area contributed by atoms with Crippen molar-refractivity contribution in [2.75, 3.05) is 13.6 Å². The highest BCUT2D eigenvalue weighted by atomic mass is 16.3. The zero-order valence-corrected chi connectivity index (χ0v) is 13.8. The zero-order valence-electron chi connectivity index (χ0n) is 13.8. The van der Waals surface area contributed by atoms with Gasteiger partial charge in [-0.2, -0.15) is 0 Å². The van der Waals surface area contributed by atoms with Gasteiger partial charge in [0.2, 0.25) is 17.7 Å². The van der Waals surface area contributed by atoms with E-state index < -0.39 is 0 Å². The number of allylic oxidation sites excluding steroid dienone is 2. The molecule has 1 aliphatic heterocycles. The molecule has 2 aliphatic carbocycles. The lowest BCUT2D eigenvalue weighted by Gasteiger charge is -2.21. The normalized spacial score (nSPS) is 30.3. The first kappa shape index (κ1) is 15.2. The summed E-state index contributed by atoms with van der Waals surface area (Å²) in [6.07, 6.45) is 6.58. The average molecular weight is 328 g/mol.